The van der Waals surface area contributed by atoms with Crippen molar-refractivity contribution in [2.75, 3.05) is 12.5 Å². The highest BCUT2D eigenvalue weighted by Gasteiger charge is 2.36. The van der Waals surface area contributed by atoms with E-state index in [4.69, 9.17) is 11.5 Å². The van der Waals surface area contributed by atoms with Gasteiger partial charge in [0.15, 0.2) is 4.87 Å². The van der Waals surface area contributed by atoms with E-state index >= 15 is 0 Å². The molecule has 2 atom stereocenters. The van der Waals surface area contributed by atoms with Gasteiger partial charge >= 0.3 is 0 Å². The summed E-state index contributed by atoms with van der Waals surface area (Å²) < 4.78 is 0. The second kappa shape index (κ2) is 4.23. The third kappa shape index (κ3) is 2.28. The van der Waals surface area contributed by atoms with Crippen LogP contribution in [0.4, 0.5) is 0 Å². The number of thioether (sulfide) groups is 2. The highest BCUT2D eigenvalue weighted by molar-refractivity contribution is 8.04. The Bertz CT molecular complexity index is 154. The van der Waals surface area contributed by atoms with Crippen molar-refractivity contribution in [3.63, 3.8) is 0 Å². The molecule has 0 radical (unpaired) electrons. The molecule has 0 spiro atoms. The molecule has 0 saturated carbocycles. The highest BCUT2D eigenvalue weighted by Crippen LogP contribution is 2.27. The summed E-state index contributed by atoms with van der Waals surface area (Å²) in [7, 11) is 0. The zero-order valence-corrected chi connectivity index (χ0v) is 8.59. The number of rotatable bonds is 4. The molecule has 5 heteroatoms. The first-order valence-corrected chi connectivity index (χ1v) is 5.67. The molecule has 0 aromatic rings. The molecule has 0 bridgehead atoms. The second-order valence-electron chi connectivity index (χ2n) is 2.24. The van der Waals surface area contributed by atoms with Gasteiger partial charge in [0.05, 0.1) is 0 Å². The molecule has 0 heterocycles. The smallest absolute Gasteiger partial charge is 0.249 e. The van der Waals surface area contributed by atoms with Gasteiger partial charge in [-0.15, -0.1) is 11.8 Å². The van der Waals surface area contributed by atoms with Crippen LogP contribution in [0.5, 0.6) is 0 Å². The third-order valence-electron chi connectivity index (χ3n) is 1.68. The average Bonchev–Trinajstić information content (AvgIpc) is 2.01. The largest absolute Gasteiger partial charge is 0.367 e. The van der Waals surface area contributed by atoms with Crippen LogP contribution in [0.3, 0.4) is 0 Å². The number of hydrogen-bond donors (Lipinski definition) is 2. The molecule has 0 rings (SSSR count). The topological polar surface area (TPSA) is 69.1 Å². The molecule has 0 aromatic heterocycles. The van der Waals surface area contributed by atoms with E-state index in [0.717, 1.165) is 0 Å². The lowest BCUT2D eigenvalue weighted by molar-refractivity contribution is -0.120. The number of primary amides is 1. The predicted octanol–water partition coefficient (Wildman–Crippen LogP) is 0.241. The number of carbonyl (C=O) groups excluding carboxylic acids is 1. The Hall–Kier alpha value is 0.130. The summed E-state index contributed by atoms with van der Waals surface area (Å²) in [6, 6.07) is 0. The van der Waals surface area contributed by atoms with Crippen molar-refractivity contribution >= 4 is 29.4 Å². The minimum atomic E-state index is -0.931. The van der Waals surface area contributed by atoms with Crippen LogP contribution in [0.2, 0.25) is 0 Å². The fraction of sp³-hybridized carbons (Fsp3) is 0.833. The molecule has 0 saturated heterocycles. The lowest BCUT2D eigenvalue weighted by Crippen LogP contribution is -2.55. The monoisotopic (exact) mass is 194 g/mol. The van der Waals surface area contributed by atoms with Gasteiger partial charge in [0.25, 0.3) is 0 Å². The molecule has 0 aliphatic rings. The molecule has 0 aliphatic heterocycles. The number of nitrogens with two attached hydrogens (primary N) is 2. The van der Waals surface area contributed by atoms with E-state index in [1.807, 2.05) is 13.2 Å². The van der Waals surface area contributed by atoms with Crippen molar-refractivity contribution in [3.05, 3.63) is 0 Å². The van der Waals surface area contributed by atoms with Crippen LogP contribution in [0.15, 0.2) is 0 Å². The lowest BCUT2D eigenvalue weighted by Gasteiger charge is -2.28. The summed E-state index contributed by atoms with van der Waals surface area (Å²) >= 11 is 2.83. The van der Waals surface area contributed by atoms with Gasteiger partial charge in [-0.2, -0.15) is 11.8 Å². The van der Waals surface area contributed by atoms with E-state index < -0.39 is 10.8 Å². The van der Waals surface area contributed by atoms with E-state index in [0.29, 0.717) is 0 Å². The maximum atomic E-state index is 10.9. The lowest BCUT2D eigenvalue weighted by atomic mass is 10.2. The standard InChI is InChI=1S/C6H14N2OS2/c1-4(10-2)6(8,11-3)5(7)9/h4H,8H2,1-3H3,(H2,7,9). The van der Waals surface area contributed by atoms with Gasteiger partial charge in [0.1, 0.15) is 0 Å². The van der Waals surface area contributed by atoms with Crippen molar-refractivity contribution in [2.45, 2.75) is 17.0 Å². The molecule has 66 valence electrons. The van der Waals surface area contributed by atoms with E-state index in [2.05, 4.69) is 0 Å². The Morgan fingerprint density at radius 1 is 1.55 bits per heavy atom. The Morgan fingerprint density at radius 2 is 2.00 bits per heavy atom. The minimum Gasteiger partial charge on any atom is -0.367 e. The maximum Gasteiger partial charge on any atom is 0.249 e. The Labute approximate surface area is 75.7 Å². The zero-order chi connectivity index (χ0) is 9.07. The highest BCUT2D eigenvalue weighted by atomic mass is 32.2. The van der Waals surface area contributed by atoms with Crippen molar-refractivity contribution in [2.24, 2.45) is 11.5 Å². The van der Waals surface area contributed by atoms with Crippen LogP contribution >= 0.6 is 23.5 Å². The van der Waals surface area contributed by atoms with E-state index in [-0.39, 0.29) is 5.25 Å². The van der Waals surface area contributed by atoms with E-state index in [1.165, 1.54) is 23.5 Å². The molecule has 2 unspecified atom stereocenters. The molecule has 0 aliphatic carbocycles. The Kier molecular flexibility index (Phi) is 4.28. The van der Waals surface area contributed by atoms with Gasteiger partial charge in [0, 0.05) is 5.25 Å². The van der Waals surface area contributed by atoms with Crippen LogP contribution in [-0.4, -0.2) is 28.5 Å². The molecule has 1 amide bonds. The first-order chi connectivity index (χ1) is 4.99. The summed E-state index contributed by atoms with van der Waals surface area (Å²) in [5.74, 6) is -0.452. The first-order valence-electron chi connectivity index (χ1n) is 3.15. The number of amides is 1. The second-order valence-corrected chi connectivity index (χ2v) is 4.50. The molecule has 3 nitrogen and oxygen atoms in total. The fourth-order valence-corrected chi connectivity index (χ4v) is 2.22. The summed E-state index contributed by atoms with van der Waals surface area (Å²) in [4.78, 5) is 9.98. The van der Waals surface area contributed by atoms with Crippen LogP contribution in [0.25, 0.3) is 0 Å². The van der Waals surface area contributed by atoms with Gasteiger partial charge < -0.3 is 11.5 Å². The molecule has 0 aromatic carbocycles. The minimum absolute atomic E-state index is 0.0370. The normalized spacial score (nSPS) is 18.9. The van der Waals surface area contributed by atoms with Crippen molar-refractivity contribution < 1.29 is 4.79 Å². The predicted molar refractivity (Wildman–Crippen MR) is 52.6 cm³/mol. The van der Waals surface area contributed by atoms with E-state index in [1.54, 1.807) is 6.26 Å². The molecule has 4 N–H and O–H groups in total. The van der Waals surface area contributed by atoms with Crippen molar-refractivity contribution in [1.82, 2.24) is 0 Å². The van der Waals surface area contributed by atoms with Gasteiger partial charge in [-0.25, -0.2) is 0 Å². The number of carbonyl (C=O) groups is 1. The van der Waals surface area contributed by atoms with Crippen LogP contribution in [0, 0.1) is 0 Å². The van der Waals surface area contributed by atoms with Gasteiger partial charge in [-0.3, -0.25) is 4.79 Å². The Balaban J connectivity index is 4.45. The number of hydrogen-bond acceptors (Lipinski definition) is 4. The summed E-state index contributed by atoms with van der Waals surface area (Å²) in [6.07, 6.45) is 3.70. The van der Waals surface area contributed by atoms with Gasteiger partial charge in [-0.05, 0) is 12.5 Å². The summed E-state index contributed by atoms with van der Waals surface area (Å²) in [6.45, 7) is 1.89. The van der Waals surface area contributed by atoms with Gasteiger partial charge in [0.2, 0.25) is 5.91 Å². The molecule has 0 fully saturated rings. The SMILES string of the molecule is CSC(C)C(N)(SC)C(N)=O. The van der Waals surface area contributed by atoms with E-state index in [9.17, 15) is 4.79 Å². The third-order valence-corrected chi connectivity index (χ3v) is 4.14. The average molecular weight is 194 g/mol. The maximum absolute atomic E-state index is 10.9. The van der Waals surface area contributed by atoms with Crippen LogP contribution < -0.4 is 11.5 Å². The Morgan fingerprint density at radius 3 is 2.09 bits per heavy atom. The van der Waals surface area contributed by atoms with Crippen LogP contribution in [-0.2, 0) is 4.79 Å². The molecule has 11 heavy (non-hydrogen) atoms. The van der Waals surface area contributed by atoms with Crippen LogP contribution in [0.1, 0.15) is 6.92 Å². The molecular formula is C6H14N2OS2. The molecular weight excluding hydrogens is 180 g/mol. The van der Waals surface area contributed by atoms with Crippen molar-refractivity contribution in [1.29, 1.82) is 0 Å². The first kappa shape index (κ1) is 11.1. The summed E-state index contributed by atoms with van der Waals surface area (Å²) in [5, 5.41) is 0.0370. The van der Waals surface area contributed by atoms with Crippen molar-refractivity contribution in [3.8, 4) is 0 Å². The zero-order valence-electron chi connectivity index (χ0n) is 6.96. The fourth-order valence-electron chi connectivity index (χ4n) is 0.642. The van der Waals surface area contributed by atoms with Gasteiger partial charge in [-0.1, -0.05) is 6.92 Å². The quantitative estimate of drug-likeness (QED) is 0.629. The summed E-state index contributed by atoms with van der Waals surface area (Å²) in [5.41, 5.74) is 10.9.